The zero-order valence-electron chi connectivity index (χ0n) is 15.8. The summed E-state index contributed by atoms with van der Waals surface area (Å²) in [5, 5.41) is 6.13. The van der Waals surface area contributed by atoms with Crippen molar-refractivity contribution in [2.45, 2.75) is 39.0 Å². The van der Waals surface area contributed by atoms with E-state index < -0.39 is 0 Å². The summed E-state index contributed by atoms with van der Waals surface area (Å²) in [6.07, 6.45) is 3.89. The minimum Gasteiger partial charge on any atom is -0.376 e. The summed E-state index contributed by atoms with van der Waals surface area (Å²) in [4.78, 5) is 14.6. The molecule has 3 rings (SSSR count). The Morgan fingerprint density at radius 2 is 1.54 bits per heavy atom. The van der Waals surface area contributed by atoms with Gasteiger partial charge in [0.25, 0.3) is 0 Å². The molecule has 0 unspecified atom stereocenters. The second-order valence-corrected chi connectivity index (χ2v) is 7.27. The number of benzene rings is 2. The fourth-order valence-corrected chi connectivity index (χ4v) is 3.28. The summed E-state index contributed by atoms with van der Waals surface area (Å²) < 4.78 is 0. The number of nitrogens with zero attached hydrogens (tertiary/aromatic N) is 1. The second-order valence-electron chi connectivity index (χ2n) is 7.27. The van der Waals surface area contributed by atoms with E-state index in [1.807, 2.05) is 12.1 Å². The van der Waals surface area contributed by atoms with E-state index in [9.17, 15) is 4.79 Å². The molecule has 0 bridgehead atoms. The van der Waals surface area contributed by atoms with Gasteiger partial charge in [-0.3, -0.25) is 4.79 Å². The molecule has 26 heavy (non-hydrogen) atoms. The van der Waals surface area contributed by atoms with Crippen LogP contribution >= 0.6 is 0 Å². The Kier molecular flexibility index (Phi) is 6.16. The molecule has 0 spiro atoms. The quantitative estimate of drug-likeness (QED) is 0.782. The number of carbonyl (C=O) groups is 1. The third-order valence-corrected chi connectivity index (χ3v) is 4.90. The van der Waals surface area contributed by atoms with Gasteiger partial charge in [0.05, 0.1) is 6.54 Å². The van der Waals surface area contributed by atoms with Gasteiger partial charge in [0.2, 0.25) is 5.91 Å². The Morgan fingerprint density at radius 3 is 2.15 bits per heavy atom. The predicted octanol–water partition coefficient (Wildman–Crippen LogP) is 4.85. The molecule has 4 nitrogen and oxygen atoms in total. The highest BCUT2D eigenvalue weighted by Crippen LogP contribution is 2.22. The zero-order chi connectivity index (χ0) is 18.4. The van der Waals surface area contributed by atoms with Crippen LogP contribution in [0.4, 0.5) is 17.1 Å². The van der Waals surface area contributed by atoms with Crippen molar-refractivity contribution < 1.29 is 4.79 Å². The number of piperidine rings is 1. The van der Waals surface area contributed by atoms with Crippen LogP contribution in [-0.2, 0) is 4.79 Å². The Labute approximate surface area is 156 Å². The summed E-state index contributed by atoms with van der Waals surface area (Å²) >= 11 is 0. The molecule has 138 valence electrons. The third kappa shape index (κ3) is 5.01. The molecule has 1 aliphatic rings. The lowest BCUT2D eigenvalue weighted by atomic mass is 10.0. The van der Waals surface area contributed by atoms with Crippen LogP contribution in [0.2, 0.25) is 0 Å². The molecule has 0 saturated carbocycles. The number of hydrogen-bond donors (Lipinski definition) is 2. The van der Waals surface area contributed by atoms with Gasteiger partial charge in [0, 0.05) is 30.2 Å². The number of hydrogen-bond acceptors (Lipinski definition) is 3. The van der Waals surface area contributed by atoms with Crippen LogP contribution in [0.25, 0.3) is 0 Å². The monoisotopic (exact) mass is 351 g/mol. The standard InChI is InChI=1S/C22H29N3O/c1-17(2)18-6-8-20(9-7-18)24-22(26)16-23-19-10-12-21(13-11-19)25-14-4-3-5-15-25/h6-13,17,23H,3-5,14-16H2,1-2H3,(H,24,26). The molecule has 2 N–H and O–H groups in total. The third-order valence-electron chi connectivity index (χ3n) is 4.90. The molecule has 2 aromatic carbocycles. The Bertz CT molecular complexity index is 701. The van der Waals surface area contributed by atoms with Crippen molar-refractivity contribution in [2.75, 3.05) is 35.2 Å². The molecular formula is C22H29N3O. The molecule has 1 fully saturated rings. The van der Waals surface area contributed by atoms with Crippen molar-refractivity contribution in [2.24, 2.45) is 0 Å². The van der Waals surface area contributed by atoms with Gasteiger partial charge >= 0.3 is 0 Å². The smallest absolute Gasteiger partial charge is 0.243 e. The lowest BCUT2D eigenvalue weighted by Crippen LogP contribution is -2.29. The van der Waals surface area contributed by atoms with E-state index in [0.29, 0.717) is 5.92 Å². The van der Waals surface area contributed by atoms with Crippen molar-refractivity contribution in [3.63, 3.8) is 0 Å². The van der Waals surface area contributed by atoms with Crippen molar-refractivity contribution in [3.05, 3.63) is 54.1 Å². The summed E-state index contributed by atoms with van der Waals surface area (Å²) in [5.74, 6) is 0.455. The average molecular weight is 351 g/mol. The molecule has 1 aliphatic heterocycles. The molecule has 4 heteroatoms. The Hall–Kier alpha value is -2.49. The average Bonchev–Trinajstić information content (AvgIpc) is 2.68. The van der Waals surface area contributed by atoms with Crippen LogP contribution in [-0.4, -0.2) is 25.5 Å². The molecule has 2 aromatic rings. The molecule has 0 aliphatic carbocycles. The number of amides is 1. The molecule has 0 atom stereocenters. The molecule has 1 amide bonds. The molecular weight excluding hydrogens is 322 g/mol. The summed E-state index contributed by atoms with van der Waals surface area (Å²) in [6, 6.07) is 16.4. The van der Waals surface area contributed by atoms with Crippen molar-refractivity contribution in [1.29, 1.82) is 0 Å². The Morgan fingerprint density at radius 1 is 0.923 bits per heavy atom. The molecule has 1 saturated heterocycles. The first kappa shape index (κ1) is 18.3. The first-order chi connectivity index (χ1) is 12.6. The maximum absolute atomic E-state index is 12.1. The van der Waals surface area contributed by atoms with Gasteiger partial charge in [-0.1, -0.05) is 26.0 Å². The van der Waals surface area contributed by atoms with Gasteiger partial charge in [-0.15, -0.1) is 0 Å². The molecule has 0 aromatic heterocycles. The normalized spacial score (nSPS) is 14.3. The van der Waals surface area contributed by atoms with Crippen LogP contribution < -0.4 is 15.5 Å². The van der Waals surface area contributed by atoms with Gasteiger partial charge in [0.1, 0.15) is 0 Å². The highest BCUT2D eigenvalue weighted by Gasteiger charge is 2.10. The number of anilines is 3. The topological polar surface area (TPSA) is 44.4 Å². The maximum Gasteiger partial charge on any atom is 0.243 e. The largest absolute Gasteiger partial charge is 0.376 e. The minimum absolute atomic E-state index is 0.0394. The van der Waals surface area contributed by atoms with Crippen LogP contribution in [0, 0.1) is 0 Å². The van der Waals surface area contributed by atoms with E-state index in [1.165, 1.54) is 30.5 Å². The maximum atomic E-state index is 12.1. The Balaban J connectivity index is 1.48. The SMILES string of the molecule is CC(C)c1ccc(NC(=O)CNc2ccc(N3CCCCC3)cc2)cc1. The van der Waals surface area contributed by atoms with Crippen molar-refractivity contribution in [1.82, 2.24) is 0 Å². The summed E-state index contributed by atoms with van der Waals surface area (Å²) in [5.41, 5.74) is 4.34. The van der Waals surface area contributed by atoms with E-state index in [4.69, 9.17) is 0 Å². The van der Waals surface area contributed by atoms with Gasteiger partial charge in [0.15, 0.2) is 0 Å². The first-order valence-electron chi connectivity index (χ1n) is 9.60. The number of rotatable bonds is 6. The zero-order valence-corrected chi connectivity index (χ0v) is 15.8. The number of nitrogens with one attached hydrogen (secondary N) is 2. The number of carbonyl (C=O) groups excluding carboxylic acids is 1. The van der Waals surface area contributed by atoms with Gasteiger partial charge in [-0.25, -0.2) is 0 Å². The lowest BCUT2D eigenvalue weighted by molar-refractivity contribution is -0.114. The van der Waals surface area contributed by atoms with E-state index in [-0.39, 0.29) is 12.5 Å². The van der Waals surface area contributed by atoms with Gasteiger partial charge < -0.3 is 15.5 Å². The molecule has 1 heterocycles. The fraction of sp³-hybridized carbons (Fsp3) is 0.409. The molecule has 0 radical (unpaired) electrons. The first-order valence-corrected chi connectivity index (χ1v) is 9.60. The van der Waals surface area contributed by atoms with Crippen molar-refractivity contribution >= 4 is 23.0 Å². The summed E-state index contributed by atoms with van der Waals surface area (Å²) in [7, 11) is 0. The van der Waals surface area contributed by atoms with E-state index in [2.05, 4.69) is 65.8 Å². The van der Waals surface area contributed by atoms with Crippen molar-refractivity contribution in [3.8, 4) is 0 Å². The van der Waals surface area contributed by atoms with Crippen LogP contribution in [0.3, 0.4) is 0 Å². The van der Waals surface area contributed by atoms with E-state index >= 15 is 0 Å². The van der Waals surface area contributed by atoms with E-state index in [1.54, 1.807) is 0 Å². The lowest BCUT2D eigenvalue weighted by Gasteiger charge is -2.28. The summed E-state index contributed by atoms with van der Waals surface area (Å²) in [6.45, 7) is 6.87. The fourth-order valence-electron chi connectivity index (χ4n) is 3.28. The van der Waals surface area contributed by atoms with Crippen LogP contribution in [0.15, 0.2) is 48.5 Å². The predicted molar refractivity (Wildman–Crippen MR) is 110 cm³/mol. The second kappa shape index (κ2) is 8.75. The van der Waals surface area contributed by atoms with Gasteiger partial charge in [-0.2, -0.15) is 0 Å². The highest BCUT2D eigenvalue weighted by molar-refractivity contribution is 5.93. The van der Waals surface area contributed by atoms with Crippen LogP contribution in [0.5, 0.6) is 0 Å². The van der Waals surface area contributed by atoms with Crippen LogP contribution in [0.1, 0.15) is 44.6 Å². The highest BCUT2D eigenvalue weighted by atomic mass is 16.1. The minimum atomic E-state index is -0.0394. The van der Waals surface area contributed by atoms with Gasteiger partial charge in [-0.05, 0) is 67.1 Å². The van der Waals surface area contributed by atoms with E-state index in [0.717, 1.165) is 24.5 Å².